The Kier molecular flexibility index (Phi) is 8.44. The van der Waals surface area contributed by atoms with E-state index < -0.39 is 0 Å². The van der Waals surface area contributed by atoms with Crippen molar-refractivity contribution in [3.63, 3.8) is 0 Å². The topological polar surface area (TPSA) is 12.0 Å². The molecule has 0 aromatic carbocycles. The third-order valence-electron chi connectivity index (χ3n) is 1.45. The quantitative estimate of drug-likeness (QED) is 0.442. The van der Waals surface area contributed by atoms with Gasteiger partial charge in [0, 0.05) is 0 Å². The molecule has 10 heavy (non-hydrogen) atoms. The van der Waals surface area contributed by atoms with Crippen LogP contribution in [0.2, 0.25) is 0 Å². The molecule has 0 rings (SSSR count). The molecule has 1 N–H and O–H groups in total. The van der Waals surface area contributed by atoms with Gasteiger partial charge in [-0.2, -0.15) is 0 Å². The number of nitrogens with one attached hydrogen (secondary N) is 1. The number of hydrogen-bond acceptors (Lipinski definition) is 1. The molecular formula is C9H19N. The van der Waals surface area contributed by atoms with Crippen molar-refractivity contribution >= 4 is 0 Å². The maximum atomic E-state index is 3.13. The SMILES string of the molecule is CCC=CCCCCNC. The minimum absolute atomic E-state index is 1.15. The summed E-state index contributed by atoms with van der Waals surface area (Å²) >= 11 is 0. The van der Waals surface area contributed by atoms with Gasteiger partial charge >= 0.3 is 0 Å². The van der Waals surface area contributed by atoms with Crippen LogP contribution in [0, 0.1) is 0 Å². The average Bonchev–Trinajstić information content (AvgIpc) is 1.97. The monoisotopic (exact) mass is 141 g/mol. The van der Waals surface area contributed by atoms with Crippen molar-refractivity contribution in [2.45, 2.75) is 32.6 Å². The normalized spacial score (nSPS) is 11.0. The van der Waals surface area contributed by atoms with E-state index in [1.807, 2.05) is 7.05 Å². The minimum atomic E-state index is 1.15. The Hall–Kier alpha value is -0.300. The van der Waals surface area contributed by atoms with Crippen molar-refractivity contribution in [2.24, 2.45) is 0 Å². The van der Waals surface area contributed by atoms with Gasteiger partial charge in [-0.05, 0) is 39.3 Å². The van der Waals surface area contributed by atoms with E-state index in [0.29, 0.717) is 0 Å². The van der Waals surface area contributed by atoms with Crippen LogP contribution < -0.4 is 5.32 Å². The summed E-state index contributed by atoms with van der Waals surface area (Å²) in [5.74, 6) is 0. The molecule has 0 amide bonds. The molecule has 0 fully saturated rings. The molecule has 1 nitrogen and oxygen atoms in total. The van der Waals surface area contributed by atoms with Crippen LogP contribution in [-0.4, -0.2) is 13.6 Å². The molecule has 1 heteroatoms. The summed E-state index contributed by atoms with van der Waals surface area (Å²) in [7, 11) is 2.00. The summed E-state index contributed by atoms with van der Waals surface area (Å²) in [6, 6.07) is 0. The lowest BCUT2D eigenvalue weighted by molar-refractivity contribution is 0.684. The van der Waals surface area contributed by atoms with Crippen molar-refractivity contribution < 1.29 is 0 Å². The number of allylic oxidation sites excluding steroid dienone is 2. The van der Waals surface area contributed by atoms with Crippen molar-refractivity contribution in [3.05, 3.63) is 12.2 Å². The molecule has 0 aliphatic rings. The molecule has 0 bridgehead atoms. The highest BCUT2D eigenvalue weighted by Gasteiger charge is 1.81. The van der Waals surface area contributed by atoms with E-state index in [2.05, 4.69) is 24.4 Å². The number of unbranched alkanes of at least 4 members (excludes halogenated alkanes) is 2. The van der Waals surface area contributed by atoms with Crippen molar-refractivity contribution in [3.8, 4) is 0 Å². The molecule has 0 saturated heterocycles. The highest BCUT2D eigenvalue weighted by Crippen LogP contribution is 1.95. The van der Waals surface area contributed by atoms with E-state index in [0.717, 1.165) is 6.54 Å². The van der Waals surface area contributed by atoms with Gasteiger partial charge in [0.25, 0.3) is 0 Å². The Morgan fingerprint density at radius 2 is 2.00 bits per heavy atom. The van der Waals surface area contributed by atoms with E-state index in [1.54, 1.807) is 0 Å². The van der Waals surface area contributed by atoms with Crippen LogP contribution in [0.25, 0.3) is 0 Å². The molecule has 0 aromatic heterocycles. The predicted octanol–water partition coefficient (Wildman–Crippen LogP) is 2.34. The predicted molar refractivity (Wildman–Crippen MR) is 47.2 cm³/mol. The van der Waals surface area contributed by atoms with Crippen LogP contribution >= 0.6 is 0 Å². The molecule has 0 aliphatic carbocycles. The number of rotatable bonds is 6. The van der Waals surface area contributed by atoms with E-state index in [-0.39, 0.29) is 0 Å². The Morgan fingerprint density at radius 1 is 1.20 bits per heavy atom. The third-order valence-corrected chi connectivity index (χ3v) is 1.45. The van der Waals surface area contributed by atoms with E-state index in [1.165, 1.54) is 25.7 Å². The first kappa shape index (κ1) is 9.70. The largest absolute Gasteiger partial charge is 0.320 e. The Labute approximate surface area is 64.5 Å². The maximum Gasteiger partial charge on any atom is -0.00518 e. The fourth-order valence-electron chi connectivity index (χ4n) is 0.848. The smallest absolute Gasteiger partial charge is 0.00518 e. The second kappa shape index (κ2) is 8.70. The Balaban J connectivity index is 2.83. The fourth-order valence-corrected chi connectivity index (χ4v) is 0.848. The van der Waals surface area contributed by atoms with Crippen LogP contribution in [0.1, 0.15) is 32.6 Å². The molecule has 0 aliphatic heterocycles. The van der Waals surface area contributed by atoms with Crippen molar-refractivity contribution in [1.82, 2.24) is 5.32 Å². The average molecular weight is 141 g/mol. The first-order valence-electron chi connectivity index (χ1n) is 4.21. The van der Waals surface area contributed by atoms with Gasteiger partial charge in [0.2, 0.25) is 0 Å². The molecule has 0 unspecified atom stereocenters. The lowest BCUT2D eigenvalue weighted by atomic mass is 10.2. The lowest BCUT2D eigenvalue weighted by Crippen LogP contribution is -2.06. The van der Waals surface area contributed by atoms with E-state index >= 15 is 0 Å². The second-order valence-corrected chi connectivity index (χ2v) is 2.48. The van der Waals surface area contributed by atoms with Gasteiger partial charge in [0.1, 0.15) is 0 Å². The standard InChI is InChI=1S/C9H19N/c1-3-4-5-6-7-8-9-10-2/h4-5,10H,3,6-9H2,1-2H3. The first-order valence-corrected chi connectivity index (χ1v) is 4.21. The van der Waals surface area contributed by atoms with Crippen LogP contribution in [-0.2, 0) is 0 Å². The fraction of sp³-hybridized carbons (Fsp3) is 0.778. The molecule has 0 saturated carbocycles. The second-order valence-electron chi connectivity index (χ2n) is 2.48. The highest BCUT2D eigenvalue weighted by atomic mass is 14.8. The first-order chi connectivity index (χ1) is 4.91. The molecular weight excluding hydrogens is 122 g/mol. The number of hydrogen-bond donors (Lipinski definition) is 1. The molecule has 60 valence electrons. The van der Waals surface area contributed by atoms with Gasteiger partial charge in [-0.15, -0.1) is 0 Å². The zero-order valence-electron chi connectivity index (χ0n) is 7.19. The van der Waals surface area contributed by atoms with Crippen LogP contribution in [0.4, 0.5) is 0 Å². The van der Waals surface area contributed by atoms with Crippen molar-refractivity contribution in [2.75, 3.05) is 13.6 Å². The van der Waals surface area contributed by atoms with Crippen molar-refractivity contribution in [1.29, 1.82) is 0 Å². The molecule has 0 atom stereocenters. The zero-order chi connectivity index (χ0) is 7.66. The summed E-state index contributed by atoms with van der Waals surface area (Å²) in [6.45, 7) is 3.32. The molecule has 0 aromatic rings. The van der Waals surface area contributed by atoms with Gasteiger partial charge in [0.15, 0.2) is 0 Å². The van der Waals surface area contributed by atoms with Crippen LogP contribution in [0.5, 0.6) is 0 Å². The summed E-state index contributed by atoms with van der Waals surface area (Å²) in [5, 5.41) is 3.13. The Morgan fingerprint density at radius 3 is 2.60 bits per heavy atom. The minimum Gasteiger partial charge on any atom is -0.320 e. The van der Waals surface area contributed by atoms with Gasteiger partial charge in [0.05, 0.1) is 0 Å². The van der Waals surface area contributed by atoms with Crippen LogP contribution in [0.3, 0.4) is 0 Å². The van der Waals surface area contributed by atoms with Gasteiger partial charge in [-0.1, -0.05) is 19.1 Å². The van der Waals surface area contributed by atoms with E-state index in [4.69, 9.17) is 0 Å². The summed E-state index contributed by atoms with van der Waals surface area (Å²) in [6.07, 6.45) is 9.54. The lowest BCUT2D eigenvalue weighted by Gasteiger charge is -1.94. The van der Waals surface area contributed by atoms with Gasteiger partial charge < -0.3 is 5.32 Å². The summed E-state index contributed by atoms with van der Waals surface area (Å²) in [5.41, 5.74) is 0. The van der Waals surface area contributed by atoms with Crippen LogP contribution in [0.15, 0.2) is 12.2 Å². The summed E-state index contributed by atoms with van der Waals surface area (Å²) < 4.78 is 0. The third kappa shape index (κ3) is 7.70. The Bertz CT molecular complexity index is 76.8. The molecule has 0 heterocycles. The zero-order valence-corrected chi connectivity index (χ0v) is 7.19. The molecule has 0 spiro atoms. The molecule has 0 radical (unpaired) electrons. The van der Waals surface area contributed by atoms with E-state index in [9.17, 15) is 0 Å². The highest BCUT2D eigenvalue weighted by molar-refractivity contribution is 4.79. The van der Waals surface area contributed by atoms with Gasteiger partial charge in [-0.25, -0.2) is 0 Å². The summed E-state index contributed by atoms with van der Waals surface area (Å²) in [4.78, 5) is 0. The maximum absolute atomic E-state index is 3.13. The van der Waals surface area contributed by atoms with Gasteiger partial charge in [-0.3, -0.25) is 0 Å².